The Morgan fingerprint density at radius 2 is 1.67 bits per heavy atom. The first kappa shape index (κ1) is 16.0. The van der Waals surface area contributed by atoms with Gasteiger partial charge in [-0.15, -0.1) is 0 Å². The van der Waals surface area contributed by atoms with E-state index in [2.05, 4.69) is 26.1 Å². The Balaban J connectivity index is 2.26. The molecule has 1 aliphatic rings. The van der Waals surface area contributed by atoms with Crippen LogP contribution in [0.2, 0.25) is 0 Å². The molecule has 1 aliphatic carbocycles. The van der Waals surface area contributed by atoms with Crippen LogP contribution in [-0.4, -0.2) is 12.6 Å². The number of hydrogen-bond donors (Lipinski definition) is 1. The van der Waals surface area contributed by atoms with Gasteiger partial charge in [0.15, 0.2) is 0 Å². The lowest BCUT2D eigenvalue weighted by atomic mass is 9.90. The van der Waals surface area contributed by atoms with Gasteiger partial charge >= 0.3 is 0 Å². The Bertz CT molecular complexity index is 180. The van der Waals surface area contributed by atoms with Crippen LogP contribution in [-0.2, 0) is 0 Å². The zero-order valence-corrected chi connectivity index (χ0v) is 13.0. The third-order valence-electron chi connectivity index (χ3n) is 4.42. The topological polar surface area (TPSA) is 12.0 Å². The van der Waals surface area contributed by atoms with Crippen molar-refractivity contribution in [3.8, 4) is 0 Å². The van der Waals surface area contributed by atoms with Gasteiger partial charge in [0.2, 0.25) is 0 Å². The summed E-state index contributed by atoms with van der Waals surface area (Å²) in [5.74, 6) is 1.88. The van der Waals surface area contributed by atoms with Crippen LogP contribution in [0, 0.1) is 11.8 Å². The predicted molar refractivity (Wildman–Crippen MR) is 82.0 cm³/mol. The van der Waals surface area contributed by atoms with E-state index in [1.165, 1.54) is 64.2 Å². The summed E-state index contributed by atoms with van der Waals surface area (Å²) in [5, 5.41) is 3.72. The van der Waals surface area contributed by atoms with Crippen LogP contribution in [0.4, 0.5) is 0 Å². The summed E-state index contributed by atoms with van der Waals surface area (Å²) in [6, 6.07) is 0.789. The summed E-state index contributed by atoms with van der Waals surface area (Å²) in [6.07, 6.45) is 14.5. The summed E-state index contributed by atoms with van der Waals surface area (Å²) in [4.78, 5) is 0. The molecule has 1 nitrogen and oxygen atoms in total. The maximum Gasteiger partial charge on any atom is 0.00695 e. The van der Waals surface area contributed by atoms with E-state index in [0.717, 1.165) is 24.4 Å². The SMILES string of the molecule is CCNC(CCCC(C)C)CC1CCCCCC1. The Morgan fingerprint density at radius 3 is 2.22 bits per heavy atom. The van der Waals surface area contributed by atoms with E-state index in [1.807, 2.05) is 0 Å². The van der Waals surface area contributed by atoms with Crippen LogP contribution in [0.3, 0.4) is 0 Å². The molecule has 0 saturated heterocycles. The number of rotatable bonds is 8. The Labute approximate surface area is 115 Å². The first-order valence-corrected chi connectivity index (χ1v) is 8.45. The molecule has 0 heterocycles. The van der Waals surface area contributed by atoms with Gasteiger partial charge in [-0.1, -0.05) is 72.1 Å². The average molecular weight is 253 g/mol. The third kappa shape index (κ3) is 7.41. The molecule has 0 aromatic heterocycles. The fourth-order valence-corrected chi connectivity index (χ4v) is 3.37. The Hall–Kier alpha value is -0.0400. The molecule has 1 N–H and O–H groups in total. The van der Waals surface area contributed by atoms with E-state index < -0.39 is 0 Å². The van der Waals surface area contributed by atoms with Gasteiger partial charge in [-0.05, 0) is 31.2 Å². The lowest BCUT2D eigenvalue weighted by Gasteiger charge is -2.23. The van der Waals surface area contributed by atoms with E-state index >= 15 is 0 Å². The predicted octanol–water partition coefficient (Wildman–Crippen LogP) is 5.15. The molecule has 108 valence electrons. The largest absolute Gasteiger partial charge is 0.314 e. The number of nitrogens with one attached hydrogen (secondary N) is 1. The maximum absolute atomic E-state index is 3.72. The molecular weight excluding hydrogens is 218 g/mol. The fraction of sp³-hybridized carbons (Fsp3) is 1.00. The third-order valence-corrected chi connectivity index (χ3v) is 4.42. The molecule has 1 atom stereocenters. The molecule has 0 aromatic rings. The fourth-order valence-electron chi connectivity index (χ4n) is 3.37. The normalized spacial score (nSPS) is 20.0. The molecule has 1 unspecified atom stereocenters. The number of hydrogen-bond acceptors (Lipinski definition) is 1. The molecule has 0 radical (unpaired) electrons. The summed E-state index contributed by atoms with van der Waals surface area (Å²) in [6.45, 7) is 8.07. The quantitative estimate of drug-likeness (QED) is 0.590. The van der Waals surface area contributed by atoms with Crippen LogP contribution in [0.15, 0.2) is 0 Å². The monoisotopic (exact) mass is 253 g/mol. The van der Waals surface area contributed by atoms with Gasteiger partial charge in [-0.2, -0.15) is 0 Å². The Morgan fingerprint density at radius 1 is 1.00 bits per heavy atom. The average Bonchev–Trinajstić information content (AvgIpc) is 2.57. The van der Waals surface area contributed by atoms with E-state index in [0.29, 0.717) is 0 Å². The van der Waals surface area contributed by atoms with Crippen molar-refractivity contribution >= 4 is 0 Å². The van der Waals surface area contributed by atoms with Gasteiger partial charge in [0.05, 0.1) is 0 Å². The summed E-state index contributed by atoms with van der Waals surface area (Å²) < 4.78 is 0. The molecule has 18 heavy (non-hydrogen) atoms. The molecule has 0 bridgehead atoms. The zero-order valence-electron chi connectivity index (χ0n) is 13.0. The van der Waals surface area contributed by atoms with Gasteiger partial charge in [0, 0.05) is 6.04 Å². The van der Waals surface area contributed by atoms with Crippen LogP contribution >= 0.6 is 0 Å². The molecule has 1 rings (SSSR count). The first-order chi connectivity index (χ1) is 8.72. The molecule has 0 amide bonds. The minimum atomic E-state index is 0.789. The van der Waals surface area contributed by atoms with E-state index in [1.54, 1.807) is 0 Å². The highest BCUT2D eigenvalue weighted by atomic mass is 14.9. The molecule has 1 heteroatoms. The van der Waals surface area contributed by atoms with Crippen molar-refractivity contribution < 1.29 is 0 Å². The summed E-state index contributed by atoms with van der Waals surface area (Å²) in [5.41, 5.74) is 0. The minimum Gasteiger partial charge on any atom is -0.314 e. The second-order valence-electron chi connectivity index (χ2n) is 6.67. The highest BCUT2D eigenvalue weighted by Crippen LogP contribution is 2.27. The Kier molecular flexibility index (Phi) is 8.75. The summed E-state index contributed by atoms with van der Waals surface area (Å²) >= 11 is 0. The van der Waals surface area contributed by atoms with E-state index in [4.69, 9.17) is 0 Å². The molecule has 0 spiro atoms. The van der Waals surface area contributed by atoms with Gasteiger partial charge in [0.1, 0.15) is 0 Å². The van der Waals surface area contributed by atoms with Crippen molar-refractivity contribution in [2.45, 2.75) is 91.0 Å². The first-order valence-electron chi connectivity index (χ1n) is 8.45. The lowest BCUT2D eigenvalue weighted by Crippen LogP contribution is -2.31. The molecule has 1 fully saturated rings. The van der Waals surface area contributed by atoms with Crippen molar-refractivity contribution in [1.29, 1.82) is 0 Å². The van der Waals surface area contributed by atoms with Crippen LogP contribution in [0.25, 0.3) is 0 Å². The van der Waals surface area contributed by atoms with Crippen molar-refractivity contribution in [2.24, 2.45) is 11.8 Å². The van der Waals surface area contributed by atoms with Gasteiger partial charge in [0.25, 0.3) is 0 Å². The summed E-state index contributed by atoms with van der Waals surface area (Å²) in [7, 11) is 0. The van der Waals surface area contributed by atoms with Crippen molar-refractivity contribution in [1.82, 2.24) is 5.32 Å². The van der Waals surface area contributed by atoms with Gasteiger partial charge < -0.3 is 5.32 Å². The zero-order chi connectivity index (χ0) is 13.2. The molecule has 0 aromatic carbocycles. The van der Waals surface area contributed by atoms with Crippen LogP contribution in [0.5, 0.6) is 0 Å². The van der Waals surface area contributed by atoms with Crippen molar-refractivity contribution in [3.05, 3.63) is 0 Å². The maximum atomic E-state index is 3.72. The van der Waals surface area contributed by atoms with E-state index in [-0.39, 0.29) is 0 Å². The standard InChI is InChI=1S/C17H35N/c1-4-18-17(13-9-10-15(2)3)14-16-11-7-5-6-8-12-16/h15-18H,4-14H2,1-3H3. The highest BCUT2D eigenvalue weighted by molar-refractivity contribution is 4.74. The lowest BCUT2D eigenvalue weighted by molar-refractivity contribution is 0.332. The second-order valence-corrected chi connectivity index (χ2v) is 6.67. The van der Waals surface area contributed by atoms with Crippen molar-refractivity contribution in [3.63, 3.8) is 0 Å². The van der Waals surface area contributed by atoms with Gasteiger partial charge in [-0.3, -0.25) is 0 Å². The van der Waals surface area contributed by atoms with Crippen LogP contribution in [0.1, 0.15) is 85.0 Å². The van der Waals surface area contributed by atoms with Crippen molar-refractivity contribution in [2.75, 3.05) is 6.54 Å². The molecule has 0 aliphatic heterocycles. The molecule has 1 saturated carbocycles. The minimum absolute atomic E-state index is 0.789. The highest BCUT2D eigenvalue weighted by Gasteiger charge is 2.17. The van der Waals surface area contributed by atoms with Gasteiger partial charge in [-0.25, -0.2) is 0 Å². The van der Waals surface area contributed by atoms with E-state index in [9.17, 15) is 0 Å². The smallest absolute Gasteiger partial charge is 0.00695 e. The van der Waals surface area contributed by atoms with Crippen LogP contribution < -0.4 is 5.32 Å². The second kappa shape index (κ2) is 9.83. The molecular formula is C17H35N.